The van der Waals surface area contributed by atoms with Crippen molar-refractivity contribution in [1.29, 1.82) is 0 Å². The molecule has 0 aliphatic rings. The number of aromatic nitrogens is 2. The van der Waals surface area contributed by atoms with Gasteiger partial charge >= 0.3 is 5.97 Å². The first kappa shape index (κ1) is 13.2. The number of fused-ring (bicyclic) bond motifs is 1. The molecule has 0 aliphatic heterocycles. The molecule has 0 spiro atoms. The fourth-order valence-corrected chi connectivity index (χ4v) is 2.38. The fourth-order valence-electron chi connectivity index (χ4n) is 2.38. The number of nitrogens with two attached hydrogens (primary N) is 1. The summed E-state index contributed by atoms with van der Waals surface area (Å²) >= 11 is 0. The molecule has 2 heterocycles. The van der Waals surface area contributed by atoms with Crippen molar-refractivity contribution in [3.05, 3.63) is 53.2 Å². The van der Waals surface area contributed by atoms with Gasteiger partial charge in [0, 0.05) is 11.8 Å². The predicted molar refractivity (Wildman–Crippen MR) is 81.5 cm³/mol. The van der Waals surface area contributed by atoms with E-state index >= 15 is 0 Å². The lowest BCUT2D eigenvalue weighted by atomic mass is 10.0. The van der Waals surface area contributed by atoms with E-state index in [0.717, 1.165) is 16.7 Å². The van der Waals surface area contributed by atoms with Gasteiger partial charge in [0.25, 0.3) is 0 Å². The highest BCUT2D eigenvalue weighted by Crippen LogP contribution is 2.30. The van der Waals surface area contributed by atoms with Gasteiger partial charge in [0.05, 0.1) is 5.56 Å². The minimum atomic E-state index is -0.988. The molecule has 0 fully saturated rings. The van der Waals surface area contributed by atoms with Crippen LogP contribution in [-0.2, 0) is 0 Å². The van der Waals surface area contributed by atoms with Gasteiger partial charge < -0.3 is 10.8 Å². The van der Waals surface area contributed by atoms with Crippen LogP contribution in [0, 0.1) is 13.8 Å². The first-order valence-electron chi connectivity index (χ1n) is 6.56. The number of aryl methyl sites for hydroxylation is 2. The highest BCUT2D eigenvalue weighted by Gasteiger charge is 2.15. The average molecular weight is 281 g/mol. The molecule has 1 aromatic carbocycles. The predicted octanol–water partition coefficient (Wildman–Crippen LogP) is 2.90. The van der Waals surface area contributed by atoms with Crippen LogP contribution in [0.5, 0.6) is 0 Å². The Hall–Kier alpha value is -2.82. The van der Waals surface area contributed by atoms with Crippen molar-refractivity contribution >= 4 is 17.4 Å². The summed E-state index contributed by atoms with van der Waals surface area (Å²) in [6.45, 7) is 4.01. The maximum Gasteiger partial charge on any atom is 0.337 e. The SMILES string of the molecule is Cc1ccc(C)c(-c2nc3ccc(C(=O)O)cn3c2N)c1. The van der Waals surface area contributed by atoms with Crippen LogP contribution in [-0.4, -0.2) is 20.5 Å². The molecule has 3 aromatic rings. The van der Waals surface area contributed by atoms with Gasteiger partial charge in [0.15, 0.2) is 0 Å². The van der Waals surface area contributed by atoms with E-state index in [-0.39, 0.29) is 5.56 Å². The summed E-state index contributed by atoms with van der Waals surface area (Å²) in [5.41, 5.74) is 10.8. The number of aromatic carboxylic acids is 1. The van der Waals surface area contributed by atoms with Crippen molar-refractivity contribution in [2.75, 3.05) is 5.73 Å². The maximum atomic E-state index is 11.1. The molecule has 106 valence electrons. The zero-order chi connectivity index (χ0) is 15.1. The maximum absolute atomic E-state index is 11.1. The Labute approximate surface area is 121 Å². The zero-order valence-corrected chi connectivity index (χ0v) is 11.8. The van der Waals surface area contributed by atoms with E-state index in [9.17, 15) is 4.79 Å². The summed E-state index contributed by atoms with van der Waals surface area (Å²) in [7, 11) is 0. The van der Waals surface area contributed by atoms with Gasteiger partial charge in [0.2, 0.25) is 0 Å². The first-order valence-corrected chi connectivity index (χ1v) is 6.56. The van der Waals surface area contributed by atoms with Crippen LogP contribution in [0.2, 0.25) is 0 Å². The number of benzene rings is 1. The molecule has 21 heavy (non-hydrogen) atoms. The Morgan fingerprint density at radius 3 is 2.71 bits per heavy atom. The van der Waals surface area contributed by atoms with Crippen molar-refractivity contribution in [3.63, 3.8) is 0 Å². The summed E-state index contributed by atoms with van der Waals surface area (Å²) in [6.07, 6.45) is 1.49. The Morgan fingerprint density at radius 2 is 2.00 bits per heavy atom. The normalized spacial score (nSPS) is 11.0. The zero-order valence-electron chi connectivity index (χ0n) is 11.8. The van der Waals surface area contributed by atoms with Crippen molar-refractivity contribution in [3.8, 4) is 11.3 Å². The van der Waals surface area contributed by atoms with E-state index in [2.05, 4.69) is 4.98 Å². The van der Waals surface area contributed by atoms with Crippen LogP contribution in [0.15, 0.2) is 36.5 Å². The van der Waals surface area contributed by atoms with Gasteiger partial charge in [-0.3, -0.25) is 4.40 Å². The third-order valence-electron chi connectivity index (χ3n) is 3.55. The van der Waals surface area contributed by atoms with Crippen molar-refractivity contribution in [2.24, 2.45) is 0 Å². The largest absolute Gasteiger partial charge is 0.478 e. The lowest BCUT2D eigenvalue weighted by Gasteiger charge is -2.05. The Morgan fingerprint density at radius 1 is 1.24 bits per heavy atom. The minimum absolute atomic E-state index is 0.180. The topological polar surface area (TPSA) is 80.6 Å². The molecular weight excluding hydrogens is 266 g/mol. The molecule has 0 unspecified atom stereocenters. The minimum Gasteiger partial charge on any atom is -0.478 e. The highest BCUT2D eigenvalue weighted by atomic mass is 16.4. The number of hydrogen-bond donors (Lipinski definition) is 2. The standard InChI is InChI=1S/C16H15N3O2/c1-9-3-4-10(2)12(7-9)14-15(17)19-8-11(16(20)21)5-6-13(19)18-14/h3-8H,17H2,1-2H3,(H,20,21). The summed E-state index contributed by atoms with van der Waals surface area (Å²) in [5, 5.41) is 9.06. The van der Waals surface area contributed by atoms with Crippen LogP contribution in [0.1, 0.15) is 21.5 Å². The van der Waals surface area contributed by atoms with Gasteiger partial charge in [-0.15, -0.1) is 0 Å². The second-order valence-corrected chi connectivity index (χ2v) is 5.12. The lowest BCUT2D eigenvalue weighted by Crippen LogP contribution is -2.00. The molecule has 2 aromatic heterocycles. The second kappa shape index (κ2) is 4.63. The third-order valence-corrected chi connectivity index (χ3v) is 3.55. The van der Waals surface area contributed by atoms with Crippen LogP contribution >= 0.6 is 0 Å². The van der Waals surface area contributed by atoms with Crippen molar-refractivity contribution in [1.82, 2.24) is 9.38 Å². The van der Waals surface area contributed by atoms with E-state index in [0.29, 0.717) is 17.2 Å². The number of carboxylic acids is 1. The molecule has 5 nitrogen and oxygen atoms in total. The monoisotopic (exact) mass is 281 g/mol. The van der Waals surface area contributed by atoms with E-state index < -0.39 is 5.97 Å². The molecule has 0 bridgehead atoms. The van der Waals surface area contributed by atoms with E-state index in [1.54, 1.807) is 10.5 Å². The van der Waals surface area contributed by atoms with Gasteiger partial charge in [-0.25, -0.2) is 9.78 Å². The Kier molecular flexibility index (Phi) is 2.90. The number of rotatable bonds is 2. The molecule has 0 aliphatic carbocycles. The summed E-state index contributed by atoms with van der Waals surface area (Å²) in [4.78, 5) is 15.6. The number of hydrogen-bond acceptors (Lipinski definition) is 3. The lowest BCUT2D eigenvalue weighted by molar-refractivity contribution is 0.0696. The smallest absolute Gasteiger partial charge is 0.337 e. The molecule has 0 saturated carbocycles. The number of anilines is 1. The Bertz CT molecular complexity index is 865. The number of nitrogen functional groups attached to an aromatic ring is 1. The van der Waals surface area contributed by atoms with Crippen LogP contribution < -0.4 is 5.73 Å². The van der Waals surface area contributed by atoms with E-state index in [1.165, 1.54) is 12.3 Å². The van der Waals surface area contributed by atoms with Crippen LogP contribution in [0.25, 0.3) is 16.9 Å². The van der Waals surface area contributed by atoms with Crippen molar-refractivity contribution in [2.45, 2.75) is 13.8 Å². The summed E-state index contributed by atoms with van der Waals surface area (Å²) in [6, 6.07) is 9.28. The van der Waals surface area contributed by atoms with E-state index in [4.69, 9.17) is 10.8 Å². The molecule has 0 saturated heterocycles. The average Bonchev–Trinajstić information content (AvgIpc) is 2.78. The summed E-state index contributed by atoms with van der Waals surface area (Å²) in [5.74, 6) is -0.542. The number of nitrogens with zero attached hydrogens (tertiary/aromatic N) is 2. The fraction of sp³-hybridized carbons (Fsp3) is 0.125. The number of carbonyl (C=O) groups is 1. The van der Waals surface area contributed by atoms with Gasteiger partial charge in [-0.05, 0) is 37.6 Å². The number of imidazole rings is 1. The van der Waals surface area contributed by atoms with Crippen molar-refractivity contribution < 1.29 is 9.90 Å². The van der Waals surface area contributed by atoms with E-state index in [1.807, 2.05) is 32.0 Å². The van der Waals surface area contributed by atoms with Gasteiger partial charge in [-0.2, -0.15) is 0 Å². The number of pyridine rings is 1. The number of carboxylic acid groups (broad SMARTS) is 1. The highest BCUT2D eigenvalue weighted by molar-refractivity contribution is 5.88. The van der Waals surface area contributed by atoms with Crippen LogP contribution in [0.4, 0.5) is 5.82 Å². The molecule has 0 atom stereocenters. The third kappa shape index (κ3) is 2.12. The molecular formula is C16H15N3O2. The molecule has 3 rings (SSSR count). The molecule has 5 heteroatoms. The molecule has 0 radical (unpaired) electrons. The van der Waals surface area contributed by atoms with Crippen LogP contribution in [0.3, 0.4) is 0 Å². The molecule has 3 N–H and O–H groups in total. The Balaban J connectivity index is 2.27. The molecule has 0 amide bonds. The summed E-state index contributed by atoms with van der Waals surface area (Å²) < 4.78 is 1.61. The van der Waals surface area contributed by atoms with Gasteiger partial charge in [-0.1, -0.05) is 17.7 Å². The quantitative estimate of drug-likeness (QED) is 0.756. The first-order chi connectivity index (χ1) is 9.97. The van der Waals surface area contributed by atoms with Gasteiger partial charge in [0.1, 0.15) is 17.2 Å². The second-order valence-electron chi connectivity index (χ2n) is 5.12.